The lowest BCUT2D eigenvalue weighted by Crippen LogP contribution is -2.52. The monoisotopic (exact) mass is 840 g/mol. The SMILES string of the molecule is COC(=O)NC(C(=O)N1[C@H](c2ncc(-c3ccc(-c4ccc5cc(-c6cnc([C@@H]7C[C@@]8(C)C[C@H]8N7C(=O)[C@@H](NC(=O)OC)C(C)C)[nH]6)ccc5c4)cc3)[nH]2)C[C@@]2(C)C[C@@H]12)C(C)C. The minimum Gasteiger partial charge on any atom is -0.453 e. The van der Waals surface area contributed by atoms with Crippen LogP contribution in [0.5, 0.6) is 0 Å². The molecule has 2 aliphatic carbocycles. The predicted octanol–water partition coefficient (Wildman–Crippen LogP) is 8.15. The van der Waals surface area contributed by atoms with E-state index in [4.69, 9.17) is 19.4 Å². The van der Waals surface area contributed by atoms with E-state index < -0.39 is 24.3 Å². The number of nitrogens with zero attached hydrogens (tertiary/aromatic N) is 4. The van der Waals surface area contributed by atoms with Gasteiger partial charge in [-0.2, -0.15) is 0 Å². The van der Waals surface area contributed by atoms with E-state index in [1.54, 1.807) is 0 Å². The van der Waals surface area contributed by atoms with Gasteiger partial charge in [0, 0.05) is 17.6 Å². The van der Waals surface area contributed by atoms with Crippen molar-refractivity contribution in [1.82, 2.24) is 40.4 Å². The highest BCUT2D eigenvalue weighted by molar-refractivity contribution is 5.91. The first-order chi connectivity index (χ1) is 29.6. The second kappa shape index (κ2) is 15.3. The topological polar surface area (TPSA) is 175 Å². The van der Waals surface area contributed by atoms with E-state index in [0.29, 0.717) is 0 Å². The summed E-state index contributed by atoms with van der Waals surface area (Å²) in [4.78, 5) is 72.7. The number of nitrogens with one attached hydrogen (secondary N) is 4. The smallest absolute Gasteiger partial charge is 0.407 e. The Balaban J connectivity index is 0.892. The molecule has 8 atom stereocenters. The number of amides is 4. The van der Waals surface area contributed by atoms with Crippen LogP contribution in [0.15, 0.2) is 73.1 Å². The predicted molar refractivity (Wildman–Crippen MR) is 234 cm³/mol. The first kappa shape index (κ1) is 41.2. The fourth-order valence-electron chi connectivity index (χ4n) is 10.1. The van der Waals surface area contributed by atoms with E-state index in [1.807, 2.05) is 49.9 Å². The lowest BCUT2D eigenvalue weighted by atomic mass is 9.98. The molecule has 0 bridgehead atoms. The first-order valence-electron chi connectivity index (χ1n) is 21.7. The van der Waals surface area contributed by atoms with Crippen LogP contribution >= 0.6 is 0 Å². The second-order valence-electron chi connectivity index (χ2n) is 19.1. The summed E-state index contributed by atoms with van der Waals surface area (Å²) in [5.74, 6) is 1.07. The second-order valence-corrected chi connectivity index (χ2v) is 19.1. The number of fused-ring (bicyclic) bond motifs is 3. The molecule has 4 N–H and O–H groups in total. The summed E-state index contributed by atoms with van der Waals surface area (Å²) in [5.41, 5.74) is 6.00. The Kier molecular flexibility index (Phi) is 10.2. The van der Waals surface area contributed by atoms with Gasteiger partial charge >= 0.3 is 12.2 Å². The molecule has 9 rings (SSSR count). The molecule has 1 unspecified atom stereocenters. The van der Waals surface area contributed by atoms with Crippen molar-refractivity contribution in [2.24, 2.45) is 22.7 Å². The van der Waals surface area contributed by atoms with Crippen LogP contribution in [-0.4, -0.2) is 92.1 Å². The number of imidazole rings is 2. The molecule has 2 aromatic heterocycles. The third-order valence-corrected chi connectivity index (χ3v) is 14.1. The minimum absolute atomic E-state index is 0.0358. The summed E-state index contributed by atoms with van der Waals surface area (Å²) in [6, 6.07) is 19.6. The van der Waals surface area contributed by atoms with Gasteiger partial charge in [-0.15, -0.1) is 0 Å². The number of hydrogen-bond acceptors (Lipinski definition) is 8. The molecule has 4 amide bonds. The number of hydrogen-bond donors (Lipinski definition) is 4. The van der Waals surface area contributed by atoms with Gasteiger partial charge in [0.1, 0.15) is 23.7 Å². The van der Waals surface area contributed by atoms with Crippen molar-refractivity contribution < 1.29 is 28.7 Å². The summed E-state index contributed by atoms with van der Waals surface area (Å²) in [5, 5.41) is 7.71. The van der Waals surface area contributed by atoms with Crippen LogP contribution < -0.4 is 10.6 Å². The van der Waals surface area contributed by atoms with Crippen molar-refractivity contribution in [3.63, 3.8) is 0 Å². The number of piperidine rings is 2. The standard InChI is InChI=1S/C48H56N8O6/c1-25(2)39(53-45(59)61-7)43(57)55-35(19-47(5)21-37(47)55)41-49-23-33(51-41)28-11-9-27(10-12-28)29-13-14-31-18-32(16-15-30(31)17-29)34-24-50-42(52-34)36-20-48(6)22-38(48)56(36)44(58)40(26(3)4)54-46(60)62-8/h9-18,23-26,35-40H,19-22H2,1-8H3,(H,49,51)(H,50,52)(H,53,59)(H,54,60)/t35-,36-,37+,38+,39?,40-,47-,48-/m0/s1. The van der Waals surface area contributed by atoms with Crippen molar-refractivity contribution in [3.8, 4) is 33.6 Å². The van der Waals surface area contributed by atoms with Gasteiger partial charge in [0.2, 0.25) is 11.8 Å². The number of ether oxygens (including phenoxy) is 2. The van der Waals surface area contributed by atoms with Gasteiger partial charge in [0.15, 0.2) is 0 Å². The molecule has 4 aliphatic rings. The van der Waals surface area contributed by atoms with Crippen LogP contribution in [0.3, 0.4) is 0 Å². The zero-order chi connectivity index (χ0) is 43.8. The maximum atomic E-state index is 14.0. The van der Waals surface area contributed by atoms with Crippen molar-refractivity contribution in [1.29, 1.82) is 0 Å². The highest BCUT2D eigenvalue weighted by atomic mass is 16.5. The molecule has 62 heavy (non-hydrogen) atoms. The van der Waals surface area contributed by atoms with E-state index in [0.717, 1.165) is 81.7 Å². The van der Waals surface area contributed by atoms with Crippen LogP contribution in [0.2, 0.25) is 0 Å². The average molecular weight is 841 g/mol. The Morgan fingerprint density at radius 2 is 1.02 bits per heavy atom. The number of alkyl carbamates (subject to hydrolysis) is 2. The van der Waals surface area contributed by atoms with Crippen LogP contribution in [0, 0.1) is 22.7 Å². The summed E-state index contributed by atoms with van der Waals surface area (Å²) in [6.07, 6.45) is 5.95. The summed E-state index contributed by atoms with van der Waals surface area (Å²) in [6.45, 7) is 12.1. The highest BCUT2D eigenvalue weighted by Gasteiger charge is 2.65. The molecular weight excluding hydrogens is 785 g/mol. The maximum absolute atomic E-state index is 14.0. The van der Waals surface area contributed by atoms with E-state index in [9.17, 15) is 19.2 Å². The molecule has 3 aromatic carbocycles. The average Bonchev–Trinajstić information content (AvgIpc) is 3.70. The largest absolute Gasteiger partial charge is 0.453 e. The van der Waals surface area contributed by atoms with E-state index in [1.165, 1.54) is 14.2 Å². The summed E-state index contributed by atoms with van der Waals surface area (Å²) in [7, 11) is 2.61. The van der Waals surface area contributed by atoms with E-state index in [2.05, 4.69) is 95.1 Å². The fourth-order valence-corrected chi connectivity index (χ4v) is 10.1. The van der Waals surface area contributed by atoms with Crippen LogP contribution in [0.25, 0.3) is 44.4 Å². The Bertz CT molecular complexity index is 2560. The molecule has 0 radical (unpaired) electrons. The summed E-state index contributed by atoms with van der Waals surface area (Å²) < 4.78 is 9.65. The normalized spacial score (nSPS) is 25.6. The van der Waals surface area contributed by atoms with Gasteiger partial charge < -0.3 is 39.9 Å². The Labute approximate surface area is 361 Å². The number of likely N-dealkylation sites (tertiary alicyclic amines) is 2. The summed E-state index contributed by atoms with van der Waals surface area (Å²) >= 11 is 0. The molecule has 2 saturated carbocycles. The van der Waals surface area contributed by atoms with E-state index in [-0.39, 0.29) is 58.6 Å². The number of carbonyl (C=O) groups is 4. The molecule has 5 aromatic rings. The van der Waals surface area contributed by atoms with Gasteiger partial charge in [-0.25, -0.2) is 19.6 Å². The van der Waals surface area contributed by atoms with E-state index >= 15 is 0 Å². The number of benzene rings is 3. The Hall–Kier alpha value is -6.18. The fraction of sp³-hybridized carbons (Fsp3) is 0.458. The highest BCUT2D eigenvalue weighted by Crippen LogP contribution is 2.64. The Morgan fingerprint density at radius 1 is 0.613 bits per heavy atom. The third kappa shape index (κ3) is 7.26. The molecule has 2 aliphatic heterocycles. The van der Waals surface area contributed by atoms with Crippen LogP contribution in [0.4, 0.5) is 9.59 Å². The number of aromatic nitrogens is 4. The van der Waals surface area contributed by atoms with Gasteiger partial charge in [-0.05, 0) is 87.9 Å². The number of carbonyl (C=O) groups excluding carboxylic acids is 4. The number of H-pyrrole nitrogens is 2. The zero-order valence-corrected chi connectivity index (χ0v) is 36.6. The quantitative estimate of drug-likeness (QED) is 0.103. The maximum Gasteiger partial charge on any atom is 0.407 e. The first-order valence-corrected chi connectivity index (χ1v) is 21.7. The molecule has 4 heterocycles. The van der Waals surface area contributed by atoms with Gasteiger partial charge in [0.25, 0.3) is 0 Å². The van der Waals surface area contributed by atoms with Crippen molar-refractivity contribution in [2.45, 2.75) is 103 Å². The number of aromatic amines is 2. The molecular formula is C48H56N8O6. The van der Waals surface area contributed by atoms with Crippen molar-refractivity contribution >= 4 is 34.8 Å². The molecule has 2 saturated heterocycles. The third-order valence-electron chi connectivity index (χ3n) is 14.1. The van der Waals surface area contributed by atoms with Gasteiger partial charge in [-0.3, -0.25) is 9.59 Å². The zero-order valence-electron chi connectivity index (χ0n) is 36.6. The molecule has 14 nitrogen and oxygen atoms in total. The molecule has 324 valence electrons. The lowest BCUT2D eigenvalue weighted by Gasteiger charge is -2.31. The van der Waals surface area contributed by atoms with Crippen molar-refractivity contribution in [3.05, 3.63) is 84.7 Å². The molecule has 14 heteroatoms. The van der Waals surface area contributed by atoms with Crippen LogP contribution in [0.1, 0.15) is 91.0 Å². The van der Waals surface area contributed by atoms with Gasteiger partial charge in [0.05, 0.1) is 50.1 Å². The molecule has 4 fully saturated rings. The van der Waals surface area contributed by atoms with Crippen LogP contribution in [-0.2, 0) is 19.1 Å². The van der Waals surface area contributed by atoms with Gasteiger partial charge in [-0.1, -0.05) is 90.1 Å². The number of methoxy groups -OCH3 is 2. The minimum atomic E-state index is -0.693. The van der Waals surface area contributed by atoms with Crippen molar-refractivity contribution in [2.75, 3.05) is 14.2 Å². The number of rotatable bonds is 11. The molecule has 0 spiro atoms. The Morgan fingerprint density at radius 3 is 1.47 bits per heavy atom. The lowest BCUT2D eigenvalue weighted by molar-refractivity contribution is -0.137.